The predicted molar refractivity (Wildman–Crippen MR) is 55.2 cm³/mol. The topological polar surface area (TPSA) is 29.9 Å². The molecular weight excluding hydrogens is 186 g/mol. The van der Waals surface area contributed by atoms with Crippen molar-refractivity contribution < 1.29 is 0 Å². The van der Waals surface area contributed by atoms with Gasteiger partial charge < -0.3 is 5.32 Å². The summed E-state index contributed by atoms with van der Waals surface area (Å²) in [5.74, 6) is 0. The molecule has 13 heavy (non-hydrogen) atoms. The molecule has 0 saturated carbocycles. The van der Waals surface area contributed by atoms with Crippen molar-refractivity contribution in [1.29, 1.82) is 0 Å². The molecule has 0 radical (unpaired) electrons. The van der Waals surface area contributed by atoms with Gasteiger partial charge in [-0.3, -0.25) is 4.68 Å². The molecule has 0 bridgehead atoms. The van der Waals surface area contributed by atoms with Crippen molar-refractivity contribution in [2.24, 2.45) is 7.05 Å². The number of aryl methyl sites for hydroxylation is 2. The fraction of sp³-hybridized carbons (Fsp3) is 0.667. The molecule has 0 spiro atoms. The first-order valence-corrected chi connectivity index (χ1v) is 4.93. The highest BCUT2D eigenvalue weighted by Crippen LogP contribution is 2.18. The summed E-state index contributed by atoms with van der Waals surface area (Å²) in [6, 6.07) is 0. The van der Waals surface area contributed by atoms with E-state index in [1.165, 1.54) is 0 Å². The summed E-state index contributed by atoms with van der Waals surface area (Å²) in [6.45, 7) is 6.05. The van der Waals surface area contributed by atoms with Gasteiger partial charge in [-0.15, -0.1) is 0 Å². The van der Waals surface area contributed by atoms with Gasteiger partial charge in [0, 0.05) is 12.6 Å². The van der Waals surface area contributed by atoms with E-state index in [0.717, 1.165) is 35.9 Å². The Morgan fingerprint density at radius 1 is 1.54 bits per heavy atom. The van der Waals surface area contributed by atoms with Crippen molar-refractivity contribution in [3.63, 3.8) is 0 Å². The zero-order valence-corrected chi connectivity index (χ0v) is 9.15. The molecule has 4 heteroatoms. The van der Waals surface area contributed by atoms with Crippen molar-refractivity contribution >= 4 is 11.6 Å². The van der Waals surface area contributed by atoms with Crippen molar-refractivity contribution in [2.75, 3.05) is 13.1 Å². The van der Waals surface area contributed by atoms with Gasteiger partial charge in [0.15, 0.2) is 0 Å². The lowest BCUT2D eigenvalue weighted by Gasteiger charge is -2.01. The average molecular weight is 202 g/mol. The number of likely N-dealkylation sites (N-methyl/N-ethyl adjacent to an activating group) is 1. The molecule has 0 aliphatic heterocycles. The predicted octanol–water partition coefficient (Wildman–Crippen LogP) is 1.53. The van der Waals surface area contributed by atoms with Gasteiger partial charge in [0.25, 0.3) is 0 Å². The normalized spacial score (nSPS) is 10.8. The molecule has 0 aliphatic carbocycles. The van der Waals surface area contributed by atoms with E-state index in [-0.39, 0.29) is 0 Å². The smallest absolute Gasteiger partial charge is 0.130 e. The second kappa shape index (κ2) is 4.63. The average Bonchev–Trinajstić information content (AvgIpc) is 2.32. The summed E-state index contributed by atoms with van der Waals surface area (Å²) in [6.07, 6.45) is 0.951. The third-order valence-electron chi connectivity index (χ3n) is 2.07. The zero-order valence-electron chi connectivity index (χ0n) is 8.39. The maximum absolute atomic E-state index is 6.07. The maximum Gasteiger partial charge on any atom is 0.130 e. The van der Waals surface area contributed by atoms with Crippen LogP contribution in [0.1, 0.15) is 18.2 Å². The standard InChI is InChI=1S/C9H16ClN3/c1-4-11-6-5-8-7(2)12-13(3)9(8)10/h11H,4-6H2,1-3H3. The Morgan fingerprint density at radius 3 is 2.69 bits per heavy atom. The van der Waals surface area contributed by atoms with Gasteiger partial charge >= 0.3 is 0 Å². The molecule has 0 saturated heterocycles. The van der Waals surface area contributed by atoms with Crippen LogP contribution in [0, 0.1) is 6.92 Å². The molecule has 1 heterocycles. The second-order valence-corrected chi connectivity index (χ2v) is 3.44. The van der Waals surface area contributed by atoms with Gasteiger partial charge in [-0.2, -0.15) is 5.10 Å². The highest BCUT2D eigenvalue weighted by Gasteiger charge is 2.09. The molecule has 0 atom stereocenters. The van der Waals surface area contributed by atoms with Gasteiger partial charge in [0.1, 0.15) is 5.15 Å². The zero-order chi connectivity index (χ0) is 9.84. The Bertz CT molecular complexity index is 281. The first kappa shape index (κ1) is 10.5. The van der Waals surface area contributed by atoms with E-state index in [9.17, 15) is 0 Å². The summed E-state index contributed by atoms with van der Waals surface area (Å²) in [4.78, 5) is 0. The number of nitrogens with zero attached hydrogens (tertiary/aromatic N) is 2. The fourth-order valence-electron chi connectivity index (χ4n) is 1.35. The first-order valence-electron chi connectivity index (χ1n) is 4.55. The Balaban J connectivity index is 2.64. The highest BCUT2D eigenvalue weighted by atomic mass is 35.5. The third kappa shape index (κ3) is 2.45. The number of hydrogen-bond acceptors (Lipinski definition) is 2. The first-order chi connectivity index (χ1) is 6.16. The minimum atomic E-state index is 0.760. The van der Waals surface area contributed by atoms with Crippen LogP contribution in [0.5, 0.6) is 0 Å². The van der Waals surface area contributed by atoms with E-state index in [1.807, 2.05) is 14.0 Å². The third-order valence-corrected chi connectivity index (χ3v) is 2.54. The Labute approximate surface area is 84.1 Å². The number of nitrogens with one attached hydrogen (secondary N) is 1. The molecule has 0 aromatic carbocycles. The van der Waals surface area contributed by atoms with Gasteiger partial charge in [-0.05, 0) is 26.4 Å². The Hall–Kier alpha value is -0.540. The molecule has 0 amide bonds. The summed E-state index contributed by atoms with van der Waals surface area (Å²) < 4.78 is 1.72. The van der Waals surface area contributed by atoms with Crippen molar-refractivity contribution in [2.45, 2.75) is 20.3 Å². The minimum absolute atomic E-state index is 0.760. The van der Waals surface area contributed by atoms with Gasteiger partial charge in [0.2, 0.25) is 0 Å². The second-order valence-electron chi connectivity index (χ2n) is 3.08. The lowest BCUT2D eigenvalue weighted by molar-refractivity contribution is 0.714. The van der Waals surface area contributed by atoms with E-state index >= 15 is 0 Å². The van der Waals surface area contributed by atoms with Crippen LogP contribution in [-0.2, 0) is 13.5 Å². The molecule has 74 valence electrons. The Kier molecular flexibility index (Phi) is 3.75. The van der Waals surface area contributed by atoms with Crippen molar-refractivity contribution in [3.05, 3.63) is 16.4 Å². The lowest BCUT2D eigenvalue weighted by atomic mass is 10.2. The molecule has 1 aromatic heterocycles. The molecule has 1 N–H and O–H groups in total. The van der Waals surface area contributed by atoms with E-state index in [4.69, 9.17) is 11.6 Å². The number of hydrogen-bond donors (Lipinski definition) is 1. The van der Waals surface area contributed by atoms with E-state index in [2.05, 4.69) is 17.3 Å². The van der Waals surface area contributed by atoms with Gasteiger partial charge in [-0.25, -0.2) is 0 Å². The fourth-order valence-corrected chi connectivity index (χ4v) is 1.62. The molecule has 1 rings (SSSR count). The summed E-state index contributed by atoms with van der Waals surface area (Å²) >= 11 is 6.07. The molecule has 0 unspecified atom stereocenters. The summed E-state index contributed by atoms with van der Waals surface area (Å²) in [5.41, 5.74) is 2.19. The summed E-state index contributed by atoms with van der Waals surface area (Å²) in [5, 5.41) is 8.27. The maximum atomic E-state index is 6.07. The SMILES string of the molecule is CCNCCc1c(C)nn(C)c1Cl. The summed E-state index contributed by atoms with van der Waals surface area (Å²) in [7, 11) is 1.87. The van der Waals surface area contributed by atoms with Crippen molar-refractivity contribution in [1.82, 2.24) is 15.1 Å². The van der Waals surface area contributed by atoms with E-state index < -0.39 is 0 Å². The quantitative estimate of drug-likeness (QED) is 0.749. The van der Waals surface area contributed by atoms with E-state index in [0.29, 0.717) is 0 Å². The van der Waals surface area contributed by atoms with Crippen LogP contribution in [0.2, 0.25) is 5.15 Å². The molecule has 0 fully saturated rings. The minimum Gasteiger partial charge on any atom is -0.317 e. The van der Waals surface area contributed by atoms with Crippen LogP contribution in [0.3, 0.4) is 0 Å². The highest BCUT2D eigenvalue weighted by molar-refractivity contribution is 6.30. The van der Waals surface area contributed by atoms with Crippen LogP contribution in [0.25, 0.3) is 0 Å². The largest absolute Gasteiger partial charge is 0.317 e. The number of rotatable bonds is 4. The molecule has 1 aromatic rings. The monoisotopic (exact) mass is 201 g/mol. The van der Waals surface area contributed by atoms with Crippen LogP contribution in [-0.4, -0.2) is 22.9 Å². The van der Waals surface area contributed by atoms with Gasteiger partial charge in [-0.1, -0.05) is 18.5 Å². The van der Waals surface area contributed by atoms with Crippen LogP contribution < -0.4 is 5.32 Å². The Morgan fingerprint density at radius 2 is 2.23 bits per heavy atom. The van der Waals surface area contributed by atoms with Crippen molar-refractivity contribution in [3.8, 4) is 0 Å². The molecule has 0 aliphatic rings. The molecular formula is C9H16ClN3. The van der Waals surface area contributed by atoms with E-state index in [1.54, 1.807) is 4.68 Å². The van der Waals surface area contributed by atoms with Gasteiger partial charge in [0.05, 0.1) is 5.69 Å². The van der Waals surface area contributed by atoms with Crippen LogP contribution in [0.15, 0.2) is 0 Å². The molecule has 3 nitrogen and oxygen atoms in total. The van der Waals surface area contributed by atoms with Crippen LogP contribution >= 0.6 is 11.6 Å². The number of aromatic nitrogens is 2. The lowest BCUT2D eigenvalue weighted by Crippen LogP contribution is -2.16. The van der Waals surface area contributed by atoms with Crippen LogP contribution in [0.4, 0.5) is 0 Å². The number of halogens is 1.